The number of hydrogen-bond donors (Lipinski definition) is 1. The summed E-state index contributed by atoms with van der Waals surface area (Å²) in [6.07, 6.45) is 0. The van der Waals surface area contributed by atoms with Crippen molar-refractivity contribution in [2.75, 3.05) is 7.11 Å². The van der Waals surface area contributed by atoms with Crippen LogP contribution < -0.4 is 5.76 Å². The number of hydrogen-bond acceptors (Lipinski definition) is 5. The third-order valence-corrected chi connectivity index (χ3v) is 3.36. The van der Waals surface area contributed by atoms with Gasteiger partial charge in [0.05, 0.1) is 17.8 Å². The molecule has 0 amide bonds. The fourth-order valence-electron chi connectivity index (χ4n) is 1.74. The van der Waals surface area contributed by atoms with Gasteiger partial charge in [-0.3, -0.25) is 4.98 Å². The molecule has 0 aliphatic rings. The van der Waals surface area contributed by atoms with Crippen LogP contribution in [-0.2, 0) is 11.3 Å². The van der Waals surface area contributed by atoms with Gasteiger partial charge < -0.3 is 9.15 Å². The van der Waals surface area contributed by atoms with E-state index in [2.05, 4.69) is 9.97 Å². The Kier molecular flexibility index (Phi) is 2.73. The highest BCUT2D eigenvalue weighted by atomic mass is 32.1. The maximum Gasteiger partial charge on any atom is 0.417 e. The number of fused-ring (bicyclic) bond motifs is 1. The molecular weight excluding hydrogens is 252 g/mol. The van der Waals surface area contributed by atoms with Gasteiger partial charge in [0.1, 0.15) is 5.01 Å². The Morgan fingerprint density at radius 2 is 2.39 bits per heavy atom. The standard InChI is InChI=1S/C12H10N2O3S/c1-16-5-11-13-9(6-18-11)7-2-3-8-10(4-7)17-12(15)14-8/h2-4,6H,5H2,1H3,(H,14,15). The Balaban J connectivity index is 2.04. The van der Waals surface area contributed by atoms with Crippen LogP contribution in [0.4, 0.5) is 0 Å². The van der Waals surface area contributed by atoms with Gasteiger partial charge in [-0.05, 0) is 12.1 Å². The number of oxazole rings is 1. The van der Waals surface area contributed by atoms with E-state index in [9.17, 15) is 4.79 Å². The highest BCUT2D eigenvalue weighted by molar-refractivity contribution is 7.09. The smallest absolute Gasteiger partial charge is 0.408 e. The number of benzene rings is 1. The van der Waals surface area contributed by atoms with Crippen LogP contribution in [0.3, 0.4) is 0 Å². The van der Waals surface area contributed by atoms with E-state index in [-0.39, 0.29) is 0 Å². The lowest BCUT2D eigenvalue weighted by atomic mass is 10.1. The zero-order chi connectivity index (χ0) is 12.5. The summed E-state index contributed by atoms with van der Waals surface area (Å²) in [5, 5.41) is 2.88. The number of H-pyrrole nitrogens is 1. The lowest BCUT2D eigenvalue weighted by molar-refractivity contribution is 0.184. The molecule has 3 aromatic rings. The topological polar surface area (TPSA) is 68.1 Å². The van der Waals surface area contributed by atoms with Crippen LogP contribution in [0, 0.1) is 0 Å². The number of nitrogens with one attached hydrogen (secondary N) is 1. The molecule has 1 aromatic carbocycles. The quantitative estimate of drug-likeness (QED) is 0.787. The predicted molar refractivity (Wildman–Crippen MR) is 68.7 cm³/mol. The lowest BCUT2D eigenvalue weighted by Crippen LogP contribution is -1.92. The van der Waals surface area contributed by atoms with Gasteiger partial charge in [0, 0.05) is 18.1 Å². The predicted octanol–water partition coefficient (Wildman–Crippen LogP) is 2.39. The molecular formula is C12H10N2O3S. The largest absolute Gasteiger partial charge is 0.417 e. The molecule has 0 radical (unpaired) electrons. The van der Waals surface area contributed by atoms with Crippen LogP contribution in [0.1, 0.15) is 5.01 Å². The summed E-state index contributed by atoms with van der Waals surface area (Å²) < 4.78 is 10.1. The van der Waals surface area contributed by atoms with Gasteiger partial charge in [-0.25, -0.2) is 9.78 Å². The number of aromatic amines is 1. The first kappa shape index (κ1) is 11.2. The first-order valence-electron chi connectivity index (χ1n) is 5.33. The maximum atomic E-state index is 11.1. The second kappa shape index (κ2) is 4.40. The fraction of sp³-hybridized carbons (Fsp3) is 0.167. The van der Waals surface area contributed by atoms with Gasteiger partial charge in [-0.15, -0.1) is 11.3 Å². The van der Waals surface area contributed by atoms with Gasteiger partial charge in [0.15, 0.2) is 5.58 Å². The van der Waals surface area contributed by atoms with E-state index in [0.29, 0.717) is 17.7 Å². The zero-order valence-electron chi connectivity index (χ0n) is 9.60. The molecule has 0 atom stereocenters. The van der Waals surface area contributed by atoms with Crippen molar-refractivity contribution < 1.29 is 9.15 Å². The van der Waals surface area contributed by atoms with Crippen LogP contribution >= 0.6 is 11.3 Å². The molecule has 0 bridgehead atoms. The summed E-state index contributed by atoms with van der Waals surface area (Å²) in [4.78, 5) is 18.1. The first-order valence-corrected chi connectivity index (χ1v) is 6.21. The van der Waals surface area contributed by atoms with Crippen LogP contribution in [0.2, 0.25) is 0 Å². The summed E-state index contributed by atoms with van der Waals surface area (Å²) in [5.41, 5.74) is 3.01. The minimum absolute atomic E-state index is 0.444. The van der Waals surface area contributed by atoms with Crippen molar-refractivity contribution in [1.29, 1.82) is 0 Å². The Morgan fingerprint density at radius 3 is 3.22 bits per heavy atom. The molecule has 0 spiro atoms. The van der Waals surface area contributed by atoms with Gasteiger partial charge in [0.25, 0.3) is 0 Å². The van der Waals surface area contributed by atoms with Crippen molar-refractivity contribution in [3.8, 4) is 11.3 Å². The van der Waals surface area contributed by atoms with Crippen LogP contribution in [-0.4, -0.2) is 17.1 Å². The number of rotatable bonds is 3. The van der Waals surface area contributed by atoms with E-state index < -0.39 is 5.76 Å². The molecule has 1 N–H and O–H groups in total. The average molecular weight is 262 g/mol. The van der Waals surface area contributed by atoms with E-state index in [1.54, 1.807) is 24.5 Å². The van der Waals surface area contributed by atoms with Crippen molar-refractivity contribution in [1.82, 2.24) is 9.97 Å². The molecule has 0 saturated carbocycles. The summed E-state index contributed by atoms with van der Waals surface area (Å²) in [7, 11) is 1.64. The molecule has 2 heterocycles. The summed E-state index contributed by atoms with van der Waals surface area (Å²) in [5.74, 6) is -0.444. The van der Waals surface area contributed by atoms with Crippen molar-refractivity contribution in [2.24, 2.45) is 0 Å². The fourth-order valence-corrected chi connectivity index (χ4v) is 2.51. The lowest BCUT2D eigenvalue weighted by Gasteiger charge is -1.96. The Hall–Kier alpha value is -1.92. The van der Waals surface area contributed by atoms with Gasteiger partial charge in [-0.1, -0.05) is 6.07 Å². The molecule has 3 rings (SSSR count). The number of methoxy groups -OCH3 is 1. The van der Waals surface area contributed by atoms with Crippen molar-refractivity contribution in [3.05, 3.63) is 39.1 Å². The molecule has 5 nitrogen and oxygen atoms in total. The molecule has 92 valence electrons. The van der Waals surface area contributed by atoms with Gasteiger partial charge >= 0.3 is 5.76 Å². The van der Waals surface area contributed by atoms with E-state index in [1.807, 2.05) is 17.5 Å². The number of aromatic nitrogens is 2. The van der Waals surface area contributed by atoms with E-state index in [4.69, 9.17) is 9.15 Å². The summed E-state index contributed by atoms with van der Waals surface area (Å²) >= 11 is 1.54. The monoisotopic (exact) mass is 262 g/mol. The molecule has 0 saturated heterocycles. The number of thiazole rings is 1. The molecule has 0 aliphatic heterocycles. The summed E-state index contributed by atoms with van der Waals surface area (Å²) in [6, 6.07) is 5.52. The van der Waals surface area contributed by atoms with Crippen molar-refractivity contribution in [3.63, 3.8) is 0 Å². The normalized spacial score (nSPS) is 11.2. The maximum absolute atomic E-state index is 11.1. The number of nitrogens with zero attached hydrogens (tertiary/aromatic N) is 1. The zero-order valence-corrected chi connectivity index (χ0v) is 10.4. The second-order valence-electron chi connectivity index (χ2n) is 3.78. The third kappa shape index (κ3) is 1.96. The Morgan fingerprint density at radius 1 is 1.50 bits per heavy atom. The van der Waals surface area contributed by atoms with Crippen LogP contribution in [0.5, 0.6) is 0 Å². The third-order valence-electron chi connectivity index (χ3n) is 2.54. The first-order chi connectivity index (χ1) is 8.76. The van der Waals surface area contributed by atoms with E-state index in [1.165, 1.54) is 0 Å². The second-order valence-corrected chi connectivity index (χ2v) is 4.73. The number of ether oxygens (including phenoxy) is 1. The molecule has 0 aliphatic carbocycles. The van der Waals surface area contributed by atoms with Crippen LogP contribution in [0.25, 0.3) is 22.4 Å². The SMILES string of the molecule is COCc1nc(-c2ccc3[nH]c(=O)oc3c2)cs1. The average Bonchev–Trinajstić information content (AvgIpc) is 2.93. The van der Waals surface area contributed by atoms with E-state index in [0.717, 1.165) is 16.3 Å². The highest BCUT2D eigenvalue weighted by Crippen LogP contribution is 2.25. The molecule has 0 fully saturated rings. The minimum Gasteiger partial charge on any atom is -0.408 e. The van der Waals surface area contributed by atoms with E-state index >= 15 is 0 Å². The Labute approximate surface area is 106 Å². The Bertz CT molecular complexity index is 741. The molecule has 0 unspecified atom stereocenters. The molecule has 6 heteroatoms. The van der Waals surface area contributed by atoms with Crippen LogP contribution in [0.15, 0.2) is 32.8 Å². The summed E-state index contributed by atoms with van der Waals surface area (Å²) in [6.45, 7) is 0.506. The minimum atomic E-state index is -0.444. The highest BCUT2D eigenvalue weighted by Gasteiger charge is 2.07. The van der Waals surface area contributed by atoms with Crippen molar-refractivity contribution in [2.45, 2.75) is 6.61 Å². The van der Waals surface area contributed by atoms with Gasteiger partial charge in [0.2, 0.25) is 0 Å². The van der Waals surface area contributed by atoms with Gasteiger partial charge in [-0.2, -0.15) is 0 Å². The molecule has 18 heavy (non-hydrogen) atoms. The molecule has 2 aromatic heterocycles. The van der Waals surface area contributed by atoms with Crippen molar-refractivity contribution >= 4 is 22.4 Å².